The van der Waals surface area contributed by atoms with Crippen molar-refractivity contribution in [3.8, 4) is 11.5 Å². The maximum Gasteiger partial charge on any atom is 0.277 e. The molecule has 4 rings (SSSR count). The summed E-state index contributed by atoms with van der Waals surface area (Å²) in [6.45, 7) is 2.54. The first kappa shape index (κ1) is 16.8. The zero-order valence-electron chi connectivity index (χ0n) is 14.8. The number of carbonyl (C=O) groups excluding carboxylic acids is 1. The molecule has 2 atom stereocenters. The van der Waals surface area contributed by atoms with Gasteiger partial charge in [0.2, 0.25) is 0 Å². The van der Waals surface area contributed by atoms with E-state index in [2.05, 4.69) is 22.4 Å². The summed E-state index contributed by atoms with van der Waals surface area (Å²) in [6, 6.07) is 13.9. The van der Waals surface area contributed by atoms with Crippen molar-refractivity contribution < 1.29 is 14.3 Å². The highest BCUT2D eigenvalue weighted by Gasteiger charge is 2.27. The Kier molecular flexibility index (Phi) is 4.71. The van der Waals surface area contributed by atoms with E-state index in [9.17, 15) is 4.79 Å². The van der Waals surface area contributed by atoms with Crippen LogP contribution in [0.25, 0.3) is 0 Å². The molecule has 0 bridgehead atoms. The number of piperidine rings is 1. The number of fused-ring (bicyclic) bond motifs is 1. The minimum atomic E-state index is -0.194. The lowest BCUT2D eigenvalue weighted by molar-refractivity contribution is 0.101. The standard InChI is InChI=1S/C21H22N2O3/c1-25-17-5-2-14(3-6-17)19-8-9-22-11-16(19)13-26-18-7-4-15-12-23-21(24)20(15)10-18/h2-7,10,12,16,19,22H,8-9,11,13H2,1H3/t16-,19-/m0/s1. The Morgan fingerprint density at radius 3 is 2.77 bits per heavy atom. The molecular formula is C21H22N2O3. The van der Waals surface area contributed by atoms with E-state index in [0.717, 1.165) is 36.6 Å². The van der Waals surface area contributed by atoms with Crippen LogP contribution < -0.4 is 14.8 Å². The summed E-state index contributed by atoms with van der Waals surface area (Å²) in [7, 11) is 1.68. The van der Waals surface area contributed by atoms with E-state index in [4.69, 9.17) is 9.47 Å². The highest BCUT2D eigenvalue weighted by Crippen LogP contribution is 2.32. The summed E-state index contributed by atoms with van der Waals surface area (Å²) < 4.78 is 11.3. The van der Waals surface area contributed by atoms with Crippen molar-refractivity contribution in [1.29, 1.82) is 0 Å². The SMILES string of the molecule is COc1ccc([C@@H]2CCNC[C@H]2COc2ccc3c(c2)C(=O)N=C3)cc1. The number of aliphatic imine (C=N–C) groups is 1. The molecule has 0 unspecified atom stereocenters. The van der Waals surface area contributed by atoms with Crippen LogP contribution in [0.5, 0.6) is 11.5 Å². The van der Waals surface area contributed by atoms with Gasteiger partial charge in [-0.25, -0.2) is 4.99 Å². The zero-order chi connectivity index (χ0) is 17.9. The number of benzene rings is 2. The topological polar surface area (TPSA) is 59.9 Å². The van der Waals surface area contributed by atoms with E-state index in [1.165, 1.54) is 5.56 Å². The van der Waals surface area contributed by atoms with Gasteiger partial charge in [0.05, 0.1) is 19.3 Å². The molecule has 1 amide bonds. The smallest absolute Gasteiger partial charge is 0.277 e. The fourth-order valence-electron chi connectivity index (χ4n) is 3.71. The van der Waals surface area contributed by atoms with Crippen LogP contribution in [-0.2, 0) is 0 Å². The van der Waals surface area contributed by atoms with Gasteiger partial charge in [-0.3, -0.25) is 4.79 Å². The Morgan fingerprint density at radius 2 is 1.96 bits per heavy atom. The molecule has 0 aliphatic carbocycles. The van der Waals surface area contributed by atoms with Crippen molar-refractivity contribution in [2.24, 2.45) is 10.9 Å². The van der Waals surface area contributed by atoms with Crippen LogP contribution in [0.15, 0.2) is 47.5 Å². The van der Waals surface area contributed by atoms with Gasteiger partial charge in [-0.15, -0.1) is 0 Å². The van der Waals surface area contributed by atoms with Crippen LogP contribution in [-0.4, -0.2) is 38.9 Å². The average Bonchev–Trinajstić information content (AvgIpc) is 3.07. The second-order valence-electron chi connectivity index (χ2n) is 6.76. The van der Waals surface area contributed by atoms with Gasteiger partial charge in [-0.05, 0) is 54.8 Å². The maximum absolute atomic E-state index is 11.7. The Morgan fingerprint density at radius 1 is 1.15 bits per heavy atom. The molecule has 1 fully saturated rings. The van der Waals surface area contributed by atoms with E-state index < -0.39 is 0 Å². The molecule has 5 nitrogen and oxygen atoms in total. The van der Waals surface area contributed by atoms with Gasteiger partial charge >= 0.3 is 0 Å². The fourth-order valence-corrected chi connectivity index (χ4v) is 3.71. The van der Waals surface area contributed by atoms with Crippen LogP contribution >= 0.6 is 0 Å². The summed E-state index contributed by atoms with van der Waals surface area (Å²) >= 11 is 0. The number of amides is 1. The minimum absolute atomic E-state index is 0.194. The molecule has 1 N–H and O–H groups in total. The lowest BCUT2D eigenvalue weighted by Crippen LogP contribution is -2.38. The molecule has 1 saturated heterocycles. The highest BCUT2D eigenvalue weighted by molar-refractivity contribution is 6.13. The molecule has 5 heteroatoms. The van der Waals surface area contributed by atoms with Crippen LogP contribution in [0.2, 0.25) is 0 Å². The summed E-state index contributed by atoms with van der Waals surface area (Å²) in [5.74, 6) is 2.22. The van der Waals surface area contributed by atoms with Gasteiger partial charge < -0.3 is 14.8 Å². The number of carbonyl (C=O) groups is 1. The third kappa shape index (κ3) is 3.35. The van der Waals surface area contributed by atoms with Crippen molar-refractivity contribution in [3.63, 3.8) is 0 Å². The fraction of sp³-hybridized carbons (Fsp3) is 0.333. The second kappa shape index (κ2) is 7.30. The molecular weight excluding hydrogens is 328 g/mol. The number of nitrogens with one attached hydrogen (secondary N) is 1. The van der Waals surface area contributed by atoms with E-state index in [-0.39, 0.29) is 5.91 Å². The van der Waals surface area contributed by atoms with Gasteiger partial charge in [0.1, 0.15) is 11.5 Å². The van der Waals surface area contributed by atoms with Crippen LogP contribution in [0.1, 0.15) is 33.8 Å². The summed E-state index contributed by atoms with van der Waals surface area (Å²) in [5, 5.41) is 3.46. The molecule has 0 saturated carbocycles. The first-order valence-electron chi connectivity index (χ1n) is 8.94. The van der Waals surface area contributed by atoms with E-state index in [1.54, 1.807) is 19.4 Å². The van der Waals surface area contributed by atoms with Crippen molar-refractivity contribution in [2.75, 3.05) is 26.8 Å². The van der Waals surface area contributed by atoms with Gasteiger partial charge in [0.15, 0.2) is 0 Å². The highest BCUT2D eigenvalue weighted by atomic mass is 16.5. The molecule has 0 spiro atoms. The minimum Gasteiger partial charge on any atom is -0.497 e. The summed E-state index contributed by atoms with van der Waals surface area (Å²) in [5.41, 5.74) is 2.80. The first-order valence-corrected chi connectivity index (χ1v) is 8.94. The molecule has 2 heterocycles. The normalized spacial score (nSPS) is 21.5. The van der Waals surface area contributed by atoms with E-state index >= 15 is 0 Å². The Hall–Kier alpha value is -2.66. The average molecular weight is 350 g/mol. The first-order chi connectivity index (χ1) is 12.7. The Labute approximate surface area is 153 Å². The van der Waals surface area contributed by atoms with Gasteiger partial charge in [0.25, 0.3) is 5.91 Å². The largest absolute Gasteiger partial charge is 0.497 e. The predicted octanol–water partition coefficient (Wildman–Crippen LogP) is 3.04. The van der Waals surface area contributed by atoms with Gasteiger partial charge in [-0.2, -0.15) is 0 Å². The summed E-state index contributed by atoms with van der Waals surface area (Å²) in [4.78, 5) is 15.6. The molecule has 26 heavy (non-hydrogen) atoms. The van der Waals surface area contributed by atoms with Crippen molar-refractivity contribution in [1.82, 2.24) is 5.32 Å². The van der Waals surface area contributed by atoms with Gasteiger partial charge in [0, 0.05) is 24.2 Å². The van der Waals surface area contributed by atoms with Crippen molar-refractivity contribution in [2.45, 2.75) is 12.3 Å². The van der Waals surface area contributed by atoms with Crippen LogP contribution in [0.3, 0.4) is 0 Å². The Balaban J connectivity index is 1.45. The molecule has 2 aliphatic heterocycles. The van der Waals surface area contributed by atoms with Crippen LogP contribution in [0, 0.1) is 5.92 Å². The molecule has 2 aromatic carbocycles. The molecule has 2 aliphatic rings. The van der Waals surface area contributed by atoms with E-state index in [0.29, 0.717) is 24.0 Å². The third-order valence-electron chi connectivity index (χ3n) is 5.19. The van der Waals surface area contributed by atoms with E-state index in [1.807, 2.05) is 24.3 Å². The maximum atomic E-state index is 11.7. The molecule has 0 radical (unpaired) electrons. The third-order valence-corrected chi connectivity index (χ3v) is 5.19. The predicted molar refractivity (Wildman–Crippen MR) is 101 cm³/mol. The summed E-state index contributed by atoms with van der Waals surface area (Å²) in [6.07, 6.45) is 2.68. The number of methoxy groups -OCH3 is 1. The molecule has 0 aromatic heterocycles. The lowest BCUT2D eigenvalue weighted by atomic mass is 9.81. The quantitative estimate of drug-likeness (QED) is 0.900. The number of rotatable bonds is 5. The monoisotopic (exact) mass is 350 g/mol. The number of ether oxygens (including phenoxy) is 2. The number of nitrogens with zero attached hydrogens (tertiary/aromatic N) is 1. The number of hydrogen-bond acceptors (Lipinski definition) is 4. The molecule has 134 valence electrons. The lowest BCUT2D eigenvalue weighted by Gasteiger charge is -2.32. The van der Waals surface area contributed by atoms with Crippen LogP contribution in [0.4, 0.5) is 0 Å². The zero-order valence-corrected chi connectivity index (χ0v) is 14.8. The van der Waals surface area contributed by atoms with Crippen molar-refractivity contribution in [3.05, 3.63) is 59.2 Å². The second-order valence-corrected chi connectivity index (χ2v) is 6.76. The van der Waals surface area contributed by atoms with Crippen molar-refractivity contribution >= 4 is 12.1 Å². The van der Waals surface area contributed by atoms with Gasteiger partial charge in [-0.1, -0.05) is 12.1 Å². The number of hydrogen-bond donors (Lipinski definition) is 1. The molecule has 2 aromatic rings. The Bertz CT molecular complexity index is 830.